The van der Waals surface area contributed by atoms with Crippen molar-refractivity contribution in [3.05, 3.63) is 102 Å². The van der Waals surface area contributed by atoms with E-state index < -0.39 is 29.7 Å². The third-order valence-electron chi connectivity index (χ3n) is 7.32. The first-order valence-electron chi connectivity index (χ1n) is 14.3. The molecule has 2 amide bonds. The number of nitrogens with one attached hydrogen (secondary N) is 2. The Morgan fingerprint density at radius 2 is 1.36 bits per heavy atom. The van der Waals surface area contributed by atoms with Gasteiger partial charge in [0.15, 0.2) is 5.58 Å². The van der Waals surface area contributed by atoms with Crippen molar-refractivity contribution < 1.29 is 28.3 Å². The van der Waals surface area contributed by atoms with Gasteiger partial charge in [-0.05, 0) is 66.9 Å². The van der Waals surface area contributed by atoms with E-state index in [0.717, 1.165) is 22.3 Å². The maximum atomic E-state index is 13.6. The molecule has 0 fully saturated rings. The van der Waals surface area contributed by atoms with Gasteiger partial charge >= 0.3 is 0 Å². The molecule has 0 bridgehead atoms. The highest BCUT2D eigenvalue weighted by atomic mass is 16.5. The minimum absolute atomic E-state index is 0.0768. The number of rotatable bonds is 11. The summed E-state index contributed by atoms with van der Waals surface area (Å²) in [4.78, 5) is 44.1. The lowest BCUT2D eigenvalue weighted by Crippen LogP contribution is -2.50. The Morgan fingerprint density at radius 3 is 1.93 bits per heavy atom. The molecule has 0 aliphatic carbocycles. The van der Waals surface area contributed by atoms with Gasteiger partial charge in [0.2, 0.25) is 11.7 Å². The summed E-state index contributed by atoms with van der Waals surface area (Å²) in [7, 11) is 3.19. The average molecular weight is 592 g/mol. The lowest BCUT2D eigenvalue weighted by atomic mass is 9.94. The predicted molar refractivity (Wildman–Crippen MR) is 168 cm³/mol. The fourth-order valence-electron chi connectivity index (χ4n) is 4.96. The molecule has 4 aromatic carbocycles. The minimum atomic E-state index is -0.947. The number of fused-ring (bicyclic) bond motifs is 1. The Bertz CT molecular complexity index is 1730. The van der Waals surface area contributed by atoms with Crippen LogP contribution in [0.5, 0.6) is 11.5 Å². The first-order chi connectivity index (χ1) is 21.3. The van der Waals surface area contributed by atoms with Gasteiger partial charge in [0.1, 0.15) is 23.1 Å². The molecule has 0 radical (unpaired) electrons. The summed E-state index contributed by atoms with van der Waals surface area (Å²) in [5.74, 6) is -0.191. The number of benzene rings is 4. The van der Waals surface area contributed by atoms with Gasteiger partial charge in [-0.3, -0.25) is 14.4 Å². The highest BCUT2D eigenvalue weighted by Crippen LogP contribution is 2.36. The van der Waals surface area contributed by atoms with Crippen LogP contribution in [0.4, 0.5) is 0 Å². The molecule has 5 rings (SSSR count). The third kappa shape index (κ3) is 6.32. The SMILES string of the molecule is CCC(NC(=O)C(C)NC(=O)c1cc(-c2ccccc2OC)cc(-c2ccccc2OC)c1)C(=O)c1nc2ccccc2o1. The highest BCUT2D eigenvalue weighted by molar-refractivity contribution is 6.02. The first-order valence-corrected chi connectivity index (χ1v) is 14.3. The van der Waals surface area contributed by atoms with Crippen LogP contribution in [0.15, 0.2) is 95.4 Å². The number of aromatic nitrogens is 1. The van der Waals surface area contributed by atoms with Crippen LogP contribution >= 0.6 is 0 Å². The number of ether oxygens (including phenoxy) is 2. The molecule has 9 nitrogen and oxygen atoms in total. The van der Waals surface area contributed by atoms with Crippen LogP contribution in [0.2, 0.25) is 0 Å². The number of para-hydroxylation sites is 4. The molecule has 224 valence electrons. The van der Waals surface area contributed by atoms with E-state index in [-0.39, 0.29) is 5.89 Å². The Hall–Kier alpha value is -5.44. The number of oxazole rings is 1. The molecule has 9 heteroatoms. The van der Waals surface area contributed by atoms with E-state index in [0.29, 0.717) is 34.6 Å². The molecular weight excluding hydrogens is 558 g/mol. The van der Waals surface area contributed by atoms with Crippen LogP contribution in [0.1, 0.15) is 41.3 Å². The molecule has 2 atom stereocenters. The third-order valence-corrected chi connectivity index (χ3v) is 7.32. The van der Waals surface area contributed by atoms with Crippen molar-refractivity contribution in [3.8, 4) is 33.8 Å². The summed E-state index contributed by atoms with van der Waals surface area (Å²) >= 11 is 0. The van der Waals surface area contributed by atoms with Gasteiger partial charge in [0, 0.05) is 16.7 Å². The van der Waals surface area contributed by atoms with Crippen molar-refractivity contribution in [2.45, 2.75) is 32.4 Å². The van der Waals surface area contributed by atoms with Crippen LogP contribution in [-0.4, -0.2) is 48.9 Å². The summed E-state index contributed by atoms with van der Waals surface area (Å²) in [6.45, 7) is 3.34. The first kappa shape index (κ1) is 30.0. The second-order valence-corrected chi connectivity index (χ2v) is 10.2. The number of carbonyl (C=O) groups is 3. The van der Waals surface area contributed by atoms with Crippen LogP contribution in [-0.2, 0) is 4.79 Å². The van der Waals surface area contributed by atoms with Gasteiger partial charge in [-0.15, -0.1) is 0 Å². The molecule has 5 aromatic rings. The summed E-state index contributed by atoms with van der Waals surface area (Å²) in [6, 6.07) is 25.8. The molecule has 0 aliphatic heterocycles. The van der Waals surface area contributed by atoms with Crippen molar-refractivity contribution in [2.24, 2.45) is 0 Å². The molecule has 44 heavy (non-hydrogen) atoms. The number of nitrogens with zero attached hydrogens (tertiary/aromatic N) is 1. The molecule has 2 unspecified atom stereocenters. The molecule has 1 heterocycles. The number of amides is 2. The smallest absolute Gasteiger partial charge is 0.266 e. The summed E-state index contributed by atoms with van der Waals surface area (Å²) in [6.07, 6.45) is 0.313. The topological polar surface area (TPSA) is 120 Å². The number of methoxy groups -OCH3 is 2. The lowest BCUT2D eigenvalue weighted by molar-refractivity contribution is -0.123. The Balaban J connectivity index is 1.39. The fourth-order valence-corrected chi connectivity index (χ4v) is 4.96. The van der Waals surface area contributed by atoms with Crippen molar-refractivity contribution in [1.29, 1.82) is 0 Å². The van der Waals surface area contributed by atoms with Gasteiger partial charge < -0.3 is 24.5 Å². The number of ketones is 1. The zero-order chi connectivity index (χ0) is 31.2. The Labute approximate surface area is 255 Å². The largest absolute Gasteiger partial charge is 0.496 e. The lowest BCUT2D eigenvalue weighted by Gasteiger charge is -2.19. The van der Waals surface area contributed by atoms with E-state index in [1.807, 2.05) is 54.6 Å². The maximum absolute atomic E-state index is 13.6. The Morgan fingerprint density at radius 1 is 0.795 bits per heavy atom. The molecule has 1 aromatic heterocycles. The standard InChI is InChI=1S/C35H33N3O6/c1-5-27(32(39)35-38-28-14-8-11-17-31(28)44-35)37-33(40)21(2)36-34(41)24-19-22(25-12-6-9-15-29(25)42-3)18-23(20-24)26-13-7-10-16-30(26)43-4/h6-21,27H,5H2,1-4H3,(H,36,41)(H,37,40). The van der Waals surface area contributed by atoms with Gasteiger partial charge in [-0.25, -0.2) is 4.98 Å². The predicted octanol–water partition coefficient (Wildman–Crippen LogP) is 6.08. The van der Waals surface area contributed by atoms with Crippen LogP contribution < -0.4 is 20.1 Å². The number of carbonyl (C=O) groups excluding carboxylic acids is 3. The molecule has 0 spiro atoms. The minimum Gasteiger partial charge on any atom is -0.496 e. The number of Topliss-reactive ketones (excluding diaryl/α,β-unsaturated/α-hetero) is 1. The van der Waals surface area contributed by atoms with Crippen LogP contribution in [0, 0.1) is 0 Å². The van der Waals surface area contributed by atoms with E-state index in [2.05, 4.69) is 15.6 Å². The molecule has 2 N–H and O–H groups in total. The quantitative estimate of drug-likeness (QED) is 0.179. The van der Waals surface area contributed by atoms with Crippen molar-refractivity contribution in [3.63, 3.8) is 0 Å². The van der Waals surface area contributed by atoms with Gasteiger partial charge in [0.05, 0.1) is 20.3 Å². The number of hydrogen-bond donors (Lipinski definition) is 2. The van der Waals surface area contributed by atoms with Crippen molar-refractivity contribution >= 4 is 28.7 Å². The fraction of sp³-hybridized carbons (Fsp3) is 0.200. The van der Waals surface area contributed by atoms with Gasteiger partial charge in [-0.1, -0.05) is 55.5 Å². The van der Waals surface area contributed by atoms with Crippen molar-refractivity contribution in [1.82, 2.24) is 15.6 Å². The number of hydrogen-bond acceptors (Lipinski definition) is 7. The summed E-state index contributed by atoms with van der Waals surface area (Å²) in [5.41, 5.74) is 4.49. The van der Waals surface area contributed by atoms with E-state index in [4.69, 9.17) is 13.9 Å². The molecule has 0 saturated heterocycles. The average Bonchev–Trinajstić information content (AvgIpc) is 3.51. The van der Waals surface area contributed by atoms with Crippen molar-refractivity contribution in [2.75, 3.05) is 14.2 Å². The molecular formula is C35H33N3O6. The van der Waals surface area contributed by atoms with Gasteiger partial charge in [-0.2, -0.15) is 0 Å². The Kier molecular flexibility index (Phi) is 9.04. The maximum Gasteiger partial charge on any atom is 0.266 e. The second kappa shape index (κ2) is 13.2. The summed E-state index contributed by atoms with van der Waals surface area (Å²) < 4.78 is 16.8. The van der Waals surface area contributed by atoms with E-state index >= 15 is 0 Å². The van der Waals surface area contributed by atoms with E-state index in [1.54, 1.807) is 64.5 Å². The summed E-state index contributed by atoms with van der Waals surface area (Å²) in [5, 5.41) is 5.51. The monoisotopic (exact) mass is 591 g/mol. The van der Waals surface area contributed by atoms with E-state index in [1.165, 1.54) is 0 Å². The molecule has 0 aliphatic rings. The van der Waals surface area contributed by atoms with Crippen LogP contribution in [0.3, 0.4) is 0 Å². The van der Waals surface area contributed by atoms with E-state index in [9.17, 15) is 14.4 Å². The highest BCUT2D eigenvalue weighted by Gasteiger charge is 2.28. The van der Waals surface area contributed by atoms with Crippen LogP contribution in [0.25, 0.3) is 33.4 Å². The van der Waals surface area contributed by atoms with Gasteiger partial charge in [0.25, 0.3) is 11.8 Å². The second-order valence-electron chi connectivity index (χ2n) is 10.2. The molecule has 0 saturated carbocycles. The normalized spacial score (nSPS) is 12.3. The zero-order valence-corrected chi connectivity index (χ0v) is 24.9. The zero-order valence-electron chi connectivity index (χ0n) is 24.9.